The molecule has 1 unspecified atom stereocenters. The first-order chi connectivity index (χ1) is 3.85. The average Bonchev–Trinajstić information content (AvgIpc) is 1.83. The largest absolute Gasteiger partial charge is 0.324 e. The predicted molar refractivity (Wildman–Crippen MR) is 35.8 cm³/mol. The molecule has 0 aliphatic carbocycles. The smallest absolute Gasteiger partial charge is 0.0437 e. The van der Waals surface area contributed by atoms with Gasteiger partial charge >= 0.3 is 0 Å². The molecule has 48 valence electrons. The fourth-order valence-electron chi connectivity index (χ4n) is 0.488. The Bertz CT molecular complexity index is 66.1. The molecule has 3 N–H and O–H groups in total. The Morgan fingerprint density at radius 3 is 2.62 bits per heavy atom. The van der Waals surface area contributed by atoms with Crippen molar-refractivity contribution in [2.75, 3.05) is 7.05 Å². The van der Waals surface area contributed by atoms with Crippen LogP contribution in [-0.2, 0) is 0 Å². The van der Waals surface area contributed by atoms with Crippen molar-refractivity contribution in [3.05, 3.63) is 0 Å². The Labute approximate surface area is 50.0 Å². The third-order valence-electron chi connectivity index (χ3n) is 1.08. The Kier molecular flexibility index (Phi) is 4.26. The molecule has 0 bridgehead atoms. The monoisotopic (exact) mass is 115 g/mol. The second kappa shape index (κ2) is 4.59. The second-order valence-corrected chi connectivity index (χ2v) is 1.60. The summed E-state index contributed by atoms with van der Waals surface area (Å²) in [5.41, 5.74) is 0. The molecule has 0 spiro atoms. The summed E-state index contributed by atoms with van der Waals surface area (Å²) in [5, 5.41) is 6.41. The van der Waals surface area contributed by atoms with Gasteiger partial charge in [0.15, 0.2) is 0 Å². The lowest BCUT2D eigenvalue weighted by Crippen LogP contribution is -2.25. The zero-order valence-corrected chi connectivity index (χ0v) is 5.39. The van der Waals surface area contributed by atoms with E-state index >= 15 is 0 Å². The molecular weight excluding hydrogens is 102 g/mol. The minimum absolute atomic E-state index is 0.333. The number of nitrogens with one attached hydrogen (secondary N) is 1. The molecule has 0 aliphatic rings. The van der Waals surface area contributed by atoms with E-state index < -0.39 is 0 Å². The maximum atomic E-state index is 4.91. The molecule has 8 heavy (non-hydrogen) atoms. The minimum Gasteiger partial charge on any atom is -0.324 e. The summed E-state index contributed by atoms with van der Waals surface area (Å²) in [7, 11) is 1.88. The van der Waals surface area contributed by atoms with Crippen LogP contribution < -0.4 is 11.2 Å². The summed E-state index contributed by atoms with van der Waals surface area (Å²) < 4.78 is 0. The van der Waals surface area contributed by atoms with Crippen LogP contribution in [0.15, 0.2) is 5.10 Å². The van der Waals surface area contributed by atoms with Crippen LogP contribution in [0.1, 0.15) is 13.3 Å². The van der Waals surface area contributed by atoms with Gasteiger partial charge in [0.1, 0.15) is 0 Å². The number of hydrogen-bond donors (Lipinski definition) is 2. The highest BCUT2D eigenvalue weighted by Crippen LogP contribution is 1.82. The SMILES string of the molecule is CCC(/C=N/N)NC. The molecule has 0 aromatic carbocycles. The van der Waals surface area contributed by atoms with Crippen molar-refractivity contribution in [3.8, 4) is 0 Å². The number of nitrogens with two attached hydrogens (primary N) is 1. The van der Waals surface area contributed by atoms with Crippen LogP contribution in [-0.4, -0.2) is 19.3 Å². The average molecular weight is 115 g/mol. The number of rotatable bonds is 3. The molecule has 0 fully saturated rings. The summed E-state index contributed by atoms with van der Waals surface area (Å²) >= 11 is 0. The molecule has 0 aromatic heterocycles. The predicted octanol–water partition coefficient (Wildman–Crippen LogP) is -0.0711. The quantitative estimate of drug-likeness (QED) is 0.307. The van der Waals surface area contributed by atoms with Crippen LogP contribution in [0.3, 0.4) is 0 Å². The lowest BCUT2D eigenvalue weighted by Gasteiger charge is -2.03. The highest BCUT2D eigenvalue weighted by atomic mass is 15.1. The topological polar surface area (TPSA) is 50.4 Å². The summed E-state index contributed by atoms with van der Waals surface area (Å²) in [6.45, 7) is 2.07. The van der Waals surface area contributed by atoms with Gasteiger partial charge in [0.25, 0.3) is 0 Å². The van der Waals surface area contributed by atoms with E-state index in [-0.39, 0.29) is 0 Å². The lowest BCUT2D eigenvalue weighted by atomic mass is 10.2. The fourth-order valence-corrected chi connectivity index (χ4v) is 0.488. The first-order valence-corrected chi connectivity index (χ1v) is 2.75. The first kappa shape index (κ1) is 7.43. The van der Waals surface area contributed by atoms with Gasteiger partial charge in [-0.3, -0.25) is 0 Å². The van der Waals surface area contributed by atoms with E-state index in [0.29, 0.717) is 6.04 Å². The summed E-state index contributed by atoms with van der Waals surface area (Å²) in [6.07, 6.45) is 2.72. The van der Waals surface area contributed by atoms with Gasteiger partial charge in [-0.05, 0) is 13.5 Å². The van der Waals surface area contributed by atoms with Gasteiger partial charge in [-0.2, -0.15) is 5.10 Å². The molecule has 1 atom stereocenters. The van der Waals surface area contributed by atoms with Crippen LogP contribution in [0.5, 0.6) is 0 Å². The molecule has 0 saturated carbocycles. The van der Waals surface area contributed by atoms with Crippen molar-refractivity contribution in [3.63, 3.8) is 0 Å². The van der Waals surface area contributed by atoms with Gasteiger partial charge in [-0.15, -0.1) is 0 Å². The van der Waals surface area contributed by atoms with E-state index in [2.05, 4.69) is 17.3 Å². The zero-order chi connectivity index (χ0) is 6.41. The van der Waals surface area contributed by atoms with Crippen LogP contribution in [0.2, 0.25) is 0 Å². The maximum Gasteiger partial charge on any atom is 0.0437 e. The maximum absolute atomic E-state index is 4.91. The summed E-state index contributed by atoms with van der Waals surface area (Å²) in [5.74, 6) is 4.91. The standard InChI is InChI=1S/C5H13N3/c1-3-5(7-2)4-8-6/h4-5,7H,3,6H2,1-2H3/b8-4+. The normalized spacial score (nSPS) is 14.8. The molecule has 0 aromatic rings. The molecular formula is C5H13N3. The molecule has 3 nitrogen and oxygen atoms in total. The molecule has 0 aliphatic heterocycles. The molecule has 0 heterocycles. The fraction of sp³-hybridized carbons (Fsp3) is 0.800. The van der Waals surface area contributed by atoms with Crippen LogP contribution in [0.25, 0.3) is 0 Å². The summed E-state index contributed by atoms with van der Waals surface area (Å²) in [6, 6.07) is 0.333. The van der Waals surface area contributed by atoms with Crippen molar-refractivity contribution < 1.29 is 0 Å². The van der Waals surface area contributed by atoms with E-state index in [1.165, 1.54) is 0 Å². The van der Waals surface area contributed by atoms with Crippen molar-refractivity contribution in [1.82, 2.24) is 5.32 Å². The lowest BCUT2D eigenvalue weighted by molar-refractivity contribution is 0.687. The number of nitrogens with zero attached hydrogens (tertiary/aromatic N) is 1. The minimum atomic E-state index is 0.333. The van der Waals surface area contributed by atoms with Crippen LogP contribution >= 0.6 is 0 Å². The zero-order valence-electron chi connectivity index (χ0n) is 5.39. The van der Waals surface area contributed by atoms with Gasteiger partial charge in [-0.1, -0.05) is 6.92 Å². The van der Waals surface area contributed by atoms with Crippen molar-refractivity contribution in [2.24, 2.45) is 10.9 Å². The van der Waals surface area contributed by atoms with E-state index in [1.807, 2.05) is 7.05 Å². The van der Waals surface area contributed by atoms with Crippen molar-refractivity contribution in [2.45, 2.75) is 19.4 Å². The van der Waals surface area contributed by atoms with Crippen molar-refractivity contribution in [1.29, 1.82) is 0 Å². The highest BCUT2D eigenvalue weighted by Gasteiger charge is 1.93. The van der Waals surface area contributed by atoms with Gasteiger partial charge in [0.05, 0.1) is 0 Å². The first-order valence-electron chi connectivity index (χ1n) is 2.75. The Morgan fingerprint density at radius 2 is 2.50 bits per heavy atom. The molecule has 0 saturated heterocycles. The van der Waals surface area contributed by atoms with Gasteiger partial charge in [0.2, 0.25) is 0 Å². The summed E-state index contributed by atoms with van der Waals surface area (Å²) in [4.78, 5) is 0. The van der Waals surface area contributed by atoms with Crippen LogP contribution in [0.4, 0.5) is 0 Å². The molecule has 0 amide bonds. The molecule has 0 radical (unpaired) electrons. The number of hydrogen-bond acceptors (Lipinski definition) is 3. The third-order valence-corrected chi connectivity index (χ3v) is 1.08. The van der Waals surface area contributed by atoms with Gasteiger partial charge in [-0.25, -0.2) is 0 Å². The number of hydrazone groups is 1. The van der Waals surface area contributed by atoms with E-state index in [9.17, 15) is 0 Å². The molecule has 3 heteroatoms. The second-order valence-electron chi connectivity index (χ2n) is 1.60. The Balaban J connectivity index is 3.36. The van der Waals surface area contributed by atoms with E-state index in [1.54, 1.807) is 6.21 Å². The van der Waals surface area contributed by atoms with E-state index in [4.69, 9.17) is 5.84 Å². The van der Waals surface area contributed by atoms with E-state index in [0.717, 1.165) is 6.42 Å². The van der Waals surface area contributed by atoms with Gasteiger partial charge in [0, 0.05) is 12.3 Å². The van der Waals surface area contributed by atoms with Gasteiger partial charge < -0.3 is 11.2 Å². The van der Waals surface area contributed by atoms with Crippen molar-refractivity contribution >= 4 is 6.21 Å². The third kappa shape index (κ3) is 2.58. The highest BCUT2D eigenvalue weighted by molar-refractivity contribution is 5.63. The Hall–Kier alpha value is -0.570. The molecule has 0 rings (SSSR count). The van der Waals surface area contributed by atoms with Crippen LogP contribution in [0, 0.1) is 0 Å². The Morgan fingerprint density at radius 1 is 1.88 bits per heavy atom.